The highest BCUT2D eigenvalue weighted by Crippen LogP contribution is 2.22. The van der Waals surface area contributed by atoms with E-state index in [1.165, 1.54) is 11.0 Å². The highest BCUT2D eigenvalue weighted by molar-refractivity contribution is 6.23. The standard InChI is InChI=1S/C21H28N4O4/c1-2-3-4-13-25-20(28)16-9-8-15(14-17(16)23-21(25)29)19(27)22-10-6-12-24-11-5-7-18(24)26/h8-9,14,16H,2-7,10-13H2,1H3,(H,22,27). The van der Waals surface area contributed by atoms with Crippen LogP contribution in [0.1, 0.15) is 45.4 Å². The fraction of sp³-hybridized carbons (Fsp3) is 0.571. The number of allylic oxidation sites excluding steroid dienone is 1. The lowest BCUT2D eigenvalue weighted by Crippen LogP contribution is -2.46. The Bertz CT molecular complexity index is 784. The Morgan fingerprint density at radius 1 is 1.21 bits per heavy atom. The van der Waals surface area contributed by atoms with E-state index in [0.29, 0.717) is 43.8 Å². The second-order valence-electron chi connectivity index (χ2n) is 7.55. The number of urea groups is 1. The third kappa shape index (κ3) is 4.99. The summed E-state index contributed by atoms with van der Waals surface area (Å²) in [6.45, 7) is 4.32. The van der Waals surface area contributed by atoms with Gasteiger partial charge in [-0.3, -0.25) is 19.3 Å². The summed E-state index contributed by atoms with van der Waals surface area (Å²) in [4.78, 5) is 55.9. The van der Waals surface area contributed by atoms with E-state index in [1.54, 1.807) is 12.2 Å². The largest absolute Gasteiger partial charge is 0.352 e. The predicted octanol–water partition coefficient (Wildman–Crippen LogP) is 1.82. The summed E-state index contributed by atoms with van der Waals surface area (Å²) in [5.74, 6) is -0.987. The van der Waals surface area contributed by atoms with E-state index in [2.05, 4.69) is 17.2 Å². The number of unbranched alkanes of at least 4 members (excludes halogenated alkanes) is 2. The van der Waals surface area contributed by atoms with E-state index >= 15 is 0 Å². The summed E-state index contributed by atoms with van der Waals surface area (Å²) in [6, 6.07) is -0.557. The predicted molar refractivity (Wildman–Crippen MR) is 108 cm³/mol. The first kappa shape index (κ1) is 21.0. The van der Waals surface area contributed by atoms with E-state index in [1.807, 2.05) is 4.90 Å². The fourth-order valence-corrected chi connectivity index (χ4v) is 3.72. The maximum atomic E-state index is 12.6. The number of hydrogen-bond donors (Lipinski definition) is 1. The summed E-state index contributed by atoms with van der Waals surface area (Å²) in [5, 5.41) is 2.82. The summed E-state index contributed by atoms with van der Waals surface area (Å²) in [5.41, 5.74) is 0.694. The topological polar surface area (TPSA) is 99.2 Å². The van der Waals surface area contributed by atoms with Gasteiger partial charge in [0.1, 0.15) is 0 Å². The van der Waals surface area contributed by atoms with Crippen molar-refractivity contribution in [2.24, 2.45) is 10.9 Å². The third-order valence-corrected chi connectivity index (χ3v) is 5.39. The summed E-state index contributed by atoms with van der Waals surface area (Å²) in [6.07, 6.45) is 9.68. The minimum Gasteiger partial charge on any atom is -0.352 e. The summed E-state index contributed by atoms with van der Waals surface area (Å²) < 4.78 is 0. The number of hydrogen-bond acceptors (Lipinski definition) is 4. The van der Waals surface area contributed by atoms with Gasteiger partial charge in [0, 0.05) is 38.2 Å². The molecule has 3 aliphatic rings. The molecule has 1 N–H and O–H groups in total. The molecular formula is C21H28N4O4. The molecule has 29 heavy (non-hydrogen) atoms. The van der Waals surface area contributed by atoms with Crippen LogP contribution in [0.5, 0.6) is 0 Å². The van der Waals surface area contributed by atoms with Crippen molar-refractivity contribution < 1.29 is 19.2 Å². The molecule has 0 spiro atoms. The number of carbonyl (C=O) groups is 4. The zero-order chi connectivity index (χ0) is 20.8. The maximum absolute atomic E-state index is 12.6. The molecule has 8 nitrogen and oxygen atoms in total. The molecule has 3 rings (SSSR count). The quantitative estimate of drug-likeness (QED) is 0.597. The molecule has 0 saturated carbocycles. The Labute approximate surface area is 170 Å². The zero-order valence-electron chi connectivity index (χ0n) is 16.9. The monoisotopic (exact) mass is 400 g/mol. The van der Waals surface area contributed by atoms with E-state index in [4.69, 9.17) is 0 Å². The number of nitrogens with zero attached hydrogens (tertiary/aromatic N) is 3. The van der Waals surface area contributed by atoms with E-state index in [-0.39, 0.29) is 17.7 Å². The van der Waals surface area contributed by atoms with E-state index in [9.17, 15) is 19.2 Å². The van der Waals surface area contributed by atoms with Crippen LogP contribution in [0.4, 0.5) is 4.79 Å². The average molecular weight is 400 g/mol. The first-order chi connectivity index (χ1) is 14.0. The Kier molecular flexibility index (Phi) is 6.95. The molecule has 2 aliphatic heterocycles. The molecule has 1 saturated heterocycles. The minimum absolute atomic E-state index is 0.175. The third-order valence-electron chi connectivity index (χ3n) is 5.39. The highest BCUT2D eigenvalue weighted by atomic mass is 16.2. The number of rotatable bonds is 9. The molecule has 1 unspecified atom stereocenters. The molecule has 1 aliphatic carbocycles. The summed E-state index contributed by atoms with van der Waals surface area (Å²) in [7, 11) is 0. The van der Waals surface area contributed by atoms with Gasteiger partial charge in [-0.15, -0.1) is 0 Å². The number of fused-ring (bicyclic) bond motifs is 1. The number of likely N-dealkylation sites (tertiary alicyclic amines) is 1. The smallest absolute Gasteiger partial charge is 0.350 e. The van der Waals surface area contributed by atoms with Crippen molar-refractivity contribution in [2.75, 3.05) is 26.2 Å². The number of imide groups is 1. The van der Waals surface area contributed by atoms with Crippen molar-refractivity contribution in [1.29, 1.82) is 0 Å². The summed E-state index contributed by atoms with van der Waals surface area (Å²) >= 11 is 0. The Morgan fingerprint density at radius 3 is 2.76 bits per heavy atom. The zero-order valence-corrected chi connectivity index (χ0v) is 16.9. The van der Waals surface area contributed by atoms with Gasteiger partial charge in [-0.05, 0) is 25.3 Å². The Balaban J connectivity index is 1.53. The molecule has 0 radical (unpaired) electrons. The van der Waals surface area contributed by atoms with Crippen LogP contribution >= 0.6 is 0 Å². The SMILES string of the molecule is CCCCCN1C(=O)N=C2C=C(C(=O)NCCCN3CCCC3=O)C=CC2C1=O. The van der Waals surface area contributed by atoms with Gasteiger partial charge in [0.05, 0.1) is 11.6 Å². The van der Waals surface area contributed by atoms with Gasteiger partial charge in [-0.25, -0.2) is 4.79 Å². The second-order valence-corrected chi connectivity index (χ2v) is 7.55. The van der Waals surface area contributed by atoms with Gasteiger partial charge in [0.25, 0.3) is 5.91 Å². The first-order valence-corrected chi connectivity index (χ1v) is 10.4. The van der Waals surface area contributed by atoms with Crippen molar-refractivity contribution in [2.45, 2.75) is 45.4 Å². The van der Waals surface area contributed by atoms with Gasteiger partial charge >= 0.3 is 6.03 Å². The lowest BCUT2D eigenvalue weighted by molar-refractivity contribution is -0.129. The number of amides is 5. The molecule has 2 heterocycles. The number of carbonyl (C=O) groups excluding carboxylic acids is 4. The van der Waals surface area contributed by atoms with Crippen LogP contribution in [0.25, 0.3) is 0 Å². The average Bonchev–Trinajstić information content (AvgIpc) is 3.12. The normalized spacial score (nSPS) is 21.3. The van der Waals surface area contributed by atoms with Crippen molar-refractivity contribution >= 4 is 29.5 Å². The molecule has 0 aromatic carbocycles. The Hall–Kier alpha value is -2.77. The number of aliphatic imine (C=N–C) groups is 1. The van der Waals surface area contributed by atoms with Crippen molar-refractivity contribution in [1.82, 2.24) is 15.1 Å². The van der Waals surface area contributed by atoms with Crippen LogP contribution in [0.15, 0.2) is 28.8 Å². The molecule has 0 aromatic heterocycles. The molecule has 156 valence electrons. The van der Waals surface area contributed by atoms with Crippen LogP contribution in [0, 0.1) is 5.92 Å². The molecule has 8 heteroatoms. The molecule has 0 bridgehead atoms. The van der Waals surface area contributed by atoms with Crippen molar-refractivity contribution in [3.05, 3.63) is 23.8 Å². The Morgan fingerprint density at radius 2 is 2.03 bits per heavy atom. The van der Waals surface area contributed by atoms with Gasteiger partial charge in [0.2, 0.25) is 11.8 Å². The van der Waals surface area contributed by atoms with Gasteiger partial charge in [-0.1, -0.05) is 31.9 Å². The minimum atomic E-state index is -0.605. The lowest BCUT2D eigenvalue weighted by atomic mass is 9.91. The maximum Gasteiger partial charge on any atom is 0.350 e. The molecule has 1 atom stereocenters. The van der Waals surface area contributed by atoms with Gasteiger partial charge < -0.3 is 10.2 Å². The van der Waals surface area contributed by atoms with Crippen LogP contribution in [-0.4, -0.2) is 65.4 Å². The van der Waals surface area contributed by atoms with Crippen LogP contribution in [0.3, 0.4) is 0 Å². The molecular weight excluding hydrogens is 372 g/mol. The highest BCUT2D eigenvalue weighted by Gasteiger charge is 2.36. The van der Waals surface area contributed by atoms with Crippen LogP contribution in [0.2, 0.25) is 0 Å². The van der Waals surface area contributed by atoms with Gasteiger partial charge in [-0.2, -0.15) is 4.99 Å². The second kappa shape index (κ2) is 9.62. The van der Waals surface area contributed by atoms with Crippen LogP contribution in [-0.2, 0) is 14.4 Å². The van der Waals surface area contributed by atoms with Crippen LogP contribution < -0.4 is 5.32 Å². The molecule has 1 fully saturated rings. The van der Waals surface area contributed by atoms with Crippen molar-refractivity contribution in [3.63, 3.8) is 0 Å². The molecule has 5 amide bonds. The van der Waals surface area contributed by atoms with E-state index < -0.39 is 11.9 Å². The molecule has 0 aromatic rings. The van der Waals surface area contributed by atoms with E-state index in [0.717, 1.165) is 32.2 Å². The van der Waals surface area contributed by atoms with Crippen molar-refractivity contribution in [3.8, 4) is 0 Å². The van der Waals surface area contributed by atoms with Gasteiger partial charge in [0.15, 0.2) is 0 Å². The lowest BCUT2D eigenvalue weighted by Gasteiger charge is -2.29. The first-order valence-electron chi connectivity index (χ1n) is 10.4. The number of nitrogens with one attached hydrogen (secondary N) is 1. The fourth-order valence-electron chi connectivity index (χ4n) is 3.72.